The number of hydrogen-bond donors (Lipinski definition) is 3. The molecule has 4 aromatic rings. The quantitative estimate of drug-likeness (QED) is 0.390. The maximum absolute atomic E-state index is 12.5. The number of aromatic nitrogens is 1. The van der Waals surface area contributed by atoms with E-state index in [0.717, 1.165) is 27.5 Å². The lowest BCUT2D eigenvalue weighted by Gasteiger charge is -2.17. The van der Waals surface area contributed by atoms with Gasteiger partial charge >= 0.3 is 0 Å². The standard InChI is InChI=1S/C25H22N2O3.CH2O2/c1-17(25(29)27-15-18-7-3-2-4-8-18)30-21-13-19-9-5-6-10-22(19)23(14-21)20-11-12-24(28)26-16-20;2-1-3/h2-14,16-17H,15H2,1H3,(H,26,28)(H,27,29);1H,(H,2,3). The summed E-state index contributed by atoms with van der Waals surface area (Å²) in [5.41, 5.74) is 2.68. The topological polar surface area (TPSA) is 108 Å². The number of carboxylic acid groups (broad SMARTS) is 1. The highest BCUT2D eigenvalue weighted by atomic mass is 16.5. The predicted molar refractivity (Wildman–Crippen MR) is 127 cm³/mol. The number of rotatable bonds is 6. The fourth-order valence-corrected chi connectivity index (χ4v) is 3.35. The van der Waals surface area contributed by atoms with Gasteiger partial charge in [-0.2, -0.15) is 0 Å². The van der Waals surface area contributed by atoms with Crippen LogP contribution in [-0.2, 0) is 16.1 Å². The molecular formula is C26H24N2O5. The maximum atomic E-state index is 12.5. The first-order chi connectivity index (χ1) is 16.0. The van der Waals surface area contributed by atoms with Crippen molar-refractivity contribution in [1.29, 1.82) is 0 Å². The average molecular weight is 444 g/mol. The third kappa shape index (κ3) is 6.30. The van der Waals surface area contributed by atoms with Gasteiger partial charge in [0.1, 0.15) is 5.75 Å². The molecule has 0 aliphatic rings. The van der Waals surface area contributed by atoms with Crippen LogP contribution in [0.1, 0.15) is 12.5 Å². The van der Waals surface area contributed by atoms with E-state index in [9.17, 15) is 9.59 Å². The Morgan fingerprint density at radius 2 is 1.76 bits per heavy atom. The minimum absolute atomic E-state index is 0.154. The van der Waals surface area contributed by atoms with Gasteiger partial charge in [-0.1, -0.05) is 54.6 Å². The van der Waals surface area contributed by atoms with E-state index in [0.29, 0.717) is 12.3 Å². The van der Waals surface area contributed by atoms with E-state index >= 15 is 0 Å². The van der Waals surface area contributed by atoms with Gasteiger partial charge in [-0.15, -0.1) is 0 Å². The Labute approximate surface area is 190 Å². The van der Waals surface area contributed by atoms with Crippen molar-refractivity contribution in [3.05, 3.63) is 101 Å². The van der Waals surface area contributed by atoms with E-state index < -0.39 is 6.10 Å². The number of carbonyl (C=O) groups excluding carboxylic acids is 1. The SMILES string of the molecule is CC(Oc1cc(-c2ccc(=O)[nH]c2)c2ccccc2c1)C(=O)NCc1ccccc1.O=CO. The first-order valence-electron chi connectivity index (χ1n) is 10.3. The molecule has 7 heteroatoms. The summed E-state index contributed by atoms with van der Waals surface area (Å²) in [6.07, 6.45) is 1.03. The summed E-state index contributed by atoms with van der Waals surface area (Å²) in [5.74, 6) is 0.412. The molecule has 3 aromatic carbocycles. The Hall–Kier alpha value is -4.39. The van der Waals surface area contributed by atoms with Crippen LogP contribution in [0.4, 0.5) is 0 Å². The van der Waals surface area contributed by atoms with Crippen molar-refractivity contribution in [1.82, 2.24) is 10.3 Å². The molecule has 1 atom stereocenters. The van der Waals surface area contributed by atoms with Crippen LogP contribution in [0.2, 0.25) is 0 Å². The van der Waals surface area contributed by atoms with Crippen molar-refractivity contribution in [2.24, 2.45) is 0 Å². The Kier molecular flexibility index (Phi) is 7.96. The number of amides is 1. The average Bonchev–Trinajstić information content (AvgIpc) is 2.83. The molecule has 0 saturated heterocycles. The van der Waals surface area contributed by atoms with Gasteiger partial charge in [0.25, 0.3) is 12.4 Å². The summed E-state index contributed by atoms with van der Waals surface area (Å²) in [4.78, 5) is 35.0. The van der Waals surface area contributed by atoms with Crippen molar-refractivity contribution < 1.29 is 19.4 Å². The van der Waals surface area contributed by atoms with Crippen LogP contribution in [0.5, 0.6) is 5.75 Å². The smallest absolute Gasteiger partial charge is 0.290 e. The van der Waals surface area contributed by atoms with E-state index in [2.05, 4.69) is 10.3 Å². The number of hydrogen-bond acceptors (Lipinski definition) is 4. The molecule has 1 amide bonds. The Balaban J connectivity index is 0.000000968. The molecular weight excluding hydrogens is 420 g/mol. The Morgan fingerprint density at radius 3 is 2.45 bits per heavy atom. The number of aromatic amines is 1. The van der Waals surface area contributed by atoms with E-state index in [1.807, 2.05) is 66.7 Å². The summed E-state index contributed by atoms with van der Waals surface area (Å²) in [6, 6.07) is 24.8. The van der Waals surface area contributed by atoms with Gasteiger partial charge < -0.3 is 20.1 Å². The molecule has 3 N–H and O–H groups in total. The molecule has 0 radical (unpaired) electrons. The fraction of sp³-hybridized carbons (Fsp3) is 0.115. The molecule has 33 heavy (non-hydrogen) atoms. The largest absolute Gasteiger partial charge is 0.483 e. The van der Waals surface area contributed by atoms with Gasteiger partial charge in [-0.3, -0.25) is 14.4 Å². The minimum atomic E-state index is -0.654. The molecule has 1 unspecified atom stereocenters. The Morgan fingerprint density at radius 1 is 1.06 bits per heavy atom. The zero-order chi connectivity index (χ0) is 23.6. The number of carbonyl (C=O) groups is 2. The van der Waals surface area contributed by atoms with Crippen molar-refractivity contribution in [2.45, 2.75) is 19.6 Å². The third-order valence-electron chi connectivity index (χ3n) is 4.92. The third-order valence-corrected chi connectivity index (χ3v) is 4.92. The number of ether oxygens (including phenoxy) is 1. The molecule has 7 nitrogen and oxygen atoms in total. The van der Waals surface area contributed by atoms with Crippen LogP contribution in [0, 0.1) is 0 Å². The number of benzene rings is 3. The van der Waals surface area contributed by atoms with Gasteiger partial charge in [0, 0.05) is 18.8 Å². The predicted octanol–water partition coefficient (Wildman–Crippen LogP) is 3.98. The molecule has 0 fully saturated rings. The van der Waals surface area contributed by atoms with Gasteiger partial charge in [0.2, 0.25) is 5.56 Å². The van der Waals surface area contributed by atoms with Crippen LogP contribution in [0.15, 0.2) is 89.9 Å². The minimum Gasteiger partial charge on any atom is -0.483 e. The van der Waals surface area contributed by atoms with Crippen molar-refractivity contribution in [3.63, 3.8) is 0 Å². The van der Waals surface area contributed by atoms with E-state index in [1.54, 1.807) is 19.2 Å². The van der Waals surface area contributed by atoms with Gasteiger partial charge in [-0.05, 0) is 52.6 Å². The molecule has 4 rings (SSSR count). The normalized spacial score (nSPS) is 11.1. The van der Waals surface area contributed by atoms with E-state index in [-0.39, 0.29) is 17.9 Å². The van der Waals surface area contributed by atoms with Crippen LogP contribution in [0.25, 0.3) is 21.9 Å². The maximum Gasteiger partial charge on any atom is 0.290 e. The molecule has 1 heterocycles. The zero-order valence-electron chi connectivity index (χ0n) is 18.0. The molecule has 0 spiro atoms. The first kappa shape index (κ1) is 23.3. The highest BCUT2D eigenvalue weighted by Gasteiger charge is 2.16. The molecule has 0 aliphatic carbocycles. The lowest BCUT2D eigenvalue weighted by molar-refractivity contribution is -0.127. The summed E-state index contributed by atoms with van der Waals surface area (Å²) in [7, 11) is 0. The van der Waals surface area contributed by atoms with Gasteiger partial charge in [-0.25, -0.2) is 0 Å². The summed E-state index contributed by atoms with van der Waals surface area (Å²) in [6.45, 7) is 1.93. The van der Waals surface area contributed by atoms with Crippen molar-refractivity contribution in [2.75, 3.05) is 0 Å². The zero-order valence-corrected chi connectivity index (χ0v) is 18.0. The second-order valence-electron chi connectivity index (χ2n) is 7.20. The monoisotopic (exact) mass is 444 g/mol. The molecule has 0 aliphatic heterocycles. The fourth-order valence-electron chi connectivity index (χ4n) is 3.35. The highest BCUT2D eigenvalue weighted by Crippen LogP contribution is 2.32. The van der Waals surface area contributed by atoms with Crippen LogP contribution >= 0.6 is 0 Å². The van der Waals surface area contributed by atoms with Crippen molar-refractivity contribution in [3.8, 4) is 16.9 Å². The van der Waals surface area contributed by atoms with Crippen LogP contribution in [0.3, 0.4) is 0 Å². The highest BCUT2D eigenvalue weighted by molar-refractivity contribution is 5.97. The molecule has 0 bridgehead atoms. The molecule has 168 valence electrons. The van der Waals surface area contributed by atoms with Crippen molar-refractivity contribution >= 4 is 23.2 Å². The second kappa shape index (κ2) is 11.3. The van der Waals surface area contributed by atoms with Gasteiger partial charge in [0.15, 0.2) is 6.10 Å². The first-order valence-corrected chi connectivity index (χ1v) is 10.3. The number of H-pyrrole nitrogens is 1. The summed E-state index contributed by atoms with van der Waals surface area (Å²) >= 11 is 0. The number of fused-ring (bicyclic) bond motifs is 1. The molecule has 1 aromatic heterocycles. The number of nitrogens with one attached hydrogen (secondary N) is 2. The molecule has 0 saturated carbocycles. The lowest BCUT2D eigenvalue weighted by Crippen LogP contribution is -2.35. The van der Waals surface area contributed by atoms with Gasteiger partial charge in [0.05, 0.1) is 0 Å². The summed E-state index contributed by atoms with van der Waals surface area (Å²) < 4.78 is 5.97. The summed E-state index contributed by atoms with van der Waals surface area (Å²) in [5, 5.41) is 11.8. The van der Waals surface area contributed by atoms with E-state index in [4.69, 9.17) is 14.6 Å². The van der Waals surface area contributed by atoms with E-state index in [1.165, 1.54) is 6.07 Å². The number of pyridine rings is 1. The van der Waals surface area contributed by atoms with Crippen LogP contribution < -0.4 is 15.6 Å². The Bertz CT molecular complexity index is 1260. The van der Waals surface area contributed by atoms with Crippen LogP contribution in [-0.4, -0.2) is 28.6 Å². The second-order valence-corrected chi connectivity index (χ2v) is 7.20. The lowest BCUT2D eigenvalue weighted by atomic mass is 9.99.